The normalized spacial score (nSPS) is 14.8. The van der Waals surface area contributed by atoms with Gasteiger partial charge in [0.2, 0.25) is 5.91 Å². The van der Waals surface area contributed by atoms with Gasteiger partial charge in [-0.25, -0.2) is 9.97 Å². The molecular formula is C37H52N6O7S. The second-order valence-corrected chi connectivity index (χ2v) is 14.3. The molecule has 14 heteroatoms. The molecule has 0 fully saturated rings. The van der Waals surface area contributed by atoms with Crippen LogP contribution < -0.4 is 10.6 Å². The molecule has 0 unspecified atom stereocenters. The van der Waals surface area contributed by atoms with Gasteiger partial charge in [-0.3, -0.25) is 24.0 Å². The highest BCUT2D eigenvalue weighted by atomic mass is 32.1. The van der Waals surface area contributed by atoms with Gasteiger partial charge in [0.05, 0.1) is 13.0 Å². The molecule has 278 valence electrons. The topological polar surface area (TPSA) is 162 Å². The number of esters is 2. The van der Waals surface area contributed by atoms with Crippen LogP contribution in [-0.4, -0.2) is 81.4 Å². The summed E-state index contributed by atoms with van der Waals surface area (Å²) in [5.74, 6) is -2.55. The summed E-state index contributed by atoms with van der Waals surface area (Å²) < 4.78 is 12.3. The fraction of sp³-hybridized carbons (Fsp3) is 0.541. The highest BCUT2D eigenvalue weighted by Crippen LogP contribution is 2.31. The SMILES string of the molecule is CC[C@H](C)[C@H](NC(=O)c1nccn1C)C(=O)N(C)[C@H](C[C@@H](OC(C)=O)c1nc(C(=O)N[C@@H](Cc2ccccc2)C[C@H](C)C(=O)OC)cs1)C(C)C. The summed E-state index contributed by atoms with van der Waals surface area (Å²) in [5, 5.41) is 7.94. The van der Waals surface area contributed by atoms with E-state index in [9.17, 15) is 24.0 Å². The number of nitrogens with one attached hydrogen (secondary N) is 2. The molecule has 2 heterocycles. The molecule has 6 atom stereocenters. The molecule has 2 N–H and O–H groups in total. The van der Waals surface area contributed by atoms with Crippen LogP contribution in [0.2, 0.25) is 0 Å². The number of likely N-dealkylation sites (N-methyl/N-ethyl adjacent to an activating group) is 1. The first-order valence-corrected chi connectivity index (χ1v) is 18.1. The highest BCUT2D eigenvalue weighted by molar-refractivity contribution is 7.09. The van der Waals surface area contributed by atoms with Crippen molar-refractivity contribution in [1.29, 1.82) is 0 Å². The predicted octanol–water partition coefficient (Wildman–Crippen LogP) is 4.74. The summed E-state index contributed by atoms with van der Waals surface area (Å²) in [6.07, 6.45) is 4.04. The summed E-state index contributed by atoms with van der Waals surface area (Å²) in [6.45, 7) is 10.8. The van der Waals surface area contributed by atoms with Gasteiger partial charge in [0.25, 0.3) is 11.8 Å². The molecule has 3 aromatic rings. The van der Waals surface area contributed by atoms with E-state index in [4.69, 9.17) is 9.47 Å². The van der Waals surface area contributed by atoms with Crippen LogP contribution in [0.4, 0.5) is 0 Å². The molecule has 51 heavy (non-hydrogen) atoms. The van der Waals surface area contributed by atoms with Gasteiger partial charge in [-0.15, -0.1) is 11.3 Å². The summed E-state index contributed by atoms with van der Waals surface area (Å²) in [6, 6.07) is 8.03. The number of hydrogen-bond acceptors (Lipinski definition) is 10. The van der Waals surface area contributed by atoms with E-state index in [-0.39, 0.29) is 47.7 Å². The van der Waals surface area contributed by atoms with Crippen molar-refractivity contribution in [2.75, 3.05) is 14.2 Å². The van der Waals surface area contributed by atoms with Gasteiger partial charge in [0.15, 0.2) is 11.9 Å². The maximum atomic E-state index is 14.1. The monoisotopic (exact) mass is 724 g/mol. The second-order valence-electron chi connectivity index (χ2n) is 13.4. The Hall–Kier alpha value is -4.59. The van der Waals surface area contributed by atoms with E-state index in [2.05, 4.69) is 20.6 Å². The maximum Gasteiger partial charge on any atom is 0.308 e. The number of imidazole rings is 1. The lowest BCUT2D eigenvalue weighted by molar-refractivity contribution is -0.149. The van der Waals surface area contributed by atoms with E-state index < -0.39 is 41.9 Å². The lowest BCUT2D eigenvalue weighted by atomic mass is 9.93. The maximum absolute atomic E-state index is 14.1. The van der Waals surface area contributed by atoms with Crippen molar-refractivity contribution >= 4 is 41.0 Å². The molecule has 0 bridgehead atoms. The molecule has 0 saturated carbocycles. The quantitative estimate of drug-likeness (QED) is 0.177. The lowest BCUT2D eigenvalue weighted by Crippen LogP contribution is -2.54. The molecular weight excluding hydrogens is 673 g/mol. The van der Waals surface area contributed by atoms with Crippen LogP contribution in [0, 0.1) is 17.8 Å². The Labute approximate surface area is 304 Å². The van der Waals surface area contributed by atoms with Crippen molar-refractivity contribution in [3.8, 4) is 0 Å². The van der Waals surface area contributed by atoms with Gasteiger partial charge in [-0.1, -0.05) is 71.4 Å². The van der Waals surface area contributed by atoms with Crippen molar-refractivity contribution in [2.45, 2.75) is 91.5 Å². The molecule has 13 nitrogen and oxygen atoms in total. The number of carbonyl (C=O) groups is 5. The number of rotatable bonds is 18. The predicted molar refractivity (Wildman–Crippen MR) is 194 cm³/mol. The van der Waals surface area contributed by atoms with Gasteiger partial charge >= 0.3 is 11.9 Å². The van der Waals surface area contributed by atoms with Crippen molar-refractivity contribution in [3.63, 3.8) is 0 Å². The van der Waals surface area contributed by atoms with Gasteiger partial charge in [0, 0.05) is 57.3 Å². The fourth-order valence-corrected chi connectivity index (χ4v) is 6.81. The van der Waals surface area contributed by atoms with E-state index in [0.717, 1.165) is 5.56 Å². The Kier molecular flexibility index (Phi) is 15.3. The first-order valence-electron chi connectivity index (χ1n) is 17.3. The van der Waals surface area contributed by atoms with E-state index in [1.54, 1.807) is 42.1 Å². The average Bonchev–Trinajstić information content (AvgIpc) is 3.77. The molecule has 3 rings (SSSR count). The van der Waals surface area contributed by atoms with Gasteiger partial charge in [0.1, 0.15) is 16.7 Å². The Morgan fingerprint density at radius 3 is 2.25 bits per heavy atom. The Balaban J connectivity index is 1.83. The van der Waals surface area contributed by atoms with Crippen LogP contribution in [0.5, 0.6) is 0 Å². The smallest absolute Gasteiger partial charge is 0.308 e. The third-order valence-electron chi connectivity index (χ3n) is 9.10. The van der Waals surface area contributed by atoms with E-state index in [0.29, 0.717) is 24.3 Å². The number of ether oxygens (including phenoxy) is 2. The number of carbonyl (C=O) groups excluding carboxylic acids is 5. The summed E-state index contributed by atoms with van der Waals surface area (Å²) in [5.41, 5.74) is 1.15. The number of methoxy groups -OCH3 is 1. The van der Waals surface area contributed by atoms with Crippen molar-refractivity contribution in [2.24, 2.45) is 24.8 Å². The zero-order valence-electron chi connectivity index (χ0n) is 31.0. The molecule has 2 aromatic heterocycles. The number of aryl methyl sites for hydroxylation is 1. The molecule has 0 saturated heterocycles. The molecule has 0 aliphatic heterocycles. The average molecular weight is 725 g/mol. The molecule has 1 aromatic carbocycles. The Morgan fingerprint density at radius 2 is 1.69 bits per heavy atom. The second kappa shape index (κ2) is 19.1. The third-order valence-corrected chi connectivity index (χ3v) is 10.0. The van der Waals surface area contributed by atoms with Gasteiger partial charge in [-0.2, -0.15) is 0 Å². The third kappa shape index (κ3) is 11.5. The number of nitrogens with zero attached hydrogens (tertiary/aromatic N) is 4. The minimum atomic E-state index is -0.847. The van der Waals surface area contributed by atoms with Crippen LogP contribution in [0.3, 0.4) is 0 Å². The lowest BCUT2D eigenvalue weighted by Gasteiger charge is -2.36. The van der Waals surface area contributed by atoms with Crippen LogP contribution >= 0.6 is 11.3 Å². The Bertz CT molecular complexity index is 1620. The summed E-state index contributed by atoms with van der Waals surface area (Å²) in [7, 11) is 4.73. The van der Waals surface area contributed by atoms with Crippen molar-refractivity contribution in [3.05, 3.63) is 70.2 Å². The fourth-order valence-electron chi connectivity index (χ4n) is 5.97. The molecule has 0 aliphatic rings. The minimum Gasteiger partial charge on any atom is -0.469 e. The van der Waals surface area contributed by atoms with Crippen LogP contribution in [0.1, 0.15) is 98.6 Å². The molecule has 0 aliphatic carbocycles. The summed E-state index contributed by atoms with van der Waals surface area (Å²) in [4.78, 5) is 75.5. The first kappa shape index (κ1) is 40.8. The van der Waals surface area contributed by atoms with Crippen molar-refractivity contribution < 1.29 is 33.4 Å². The Morgan fingerprint density at radius 1 is 1.00 bits per heavy atom. The van der Waals surface area contributed by atoms with Crippen LogP contribution in [-0.2, 0) is 37.3 Å². The molecule has 0 radical (unpaired) electrons. The zero-order valence-corrected chi connectivity index (χ0v) is 31.9. The highest BCUT2D eigenvalue weighted by Gasteiger charge is 2.36. The molecule has 0 spiro atoms. The zero-order chi connectivity index (χ0) is 37.8. The first-order chi connectivity index (χ1) is 24.2. The van der Waals surface area contributed by atoms with E-state index in [1.165, 1.54) is 31.6 Å². The largest absolute Gasteiger partial charge is 0.469 e. The molecule has 3 amide bonds. The van der Waals surface area contributed by atoms with Gasteiger partial charge < -0.3 is 29.6 Å². The van der Waals surface area contributed by atoms with Crippen LogP contribution in [0.15, 0.2) is 48.1 Å². The number of benzene rings is 1. The number of thiazole rings is 1. The standard InChI is InChI=1S/C37H52N6O7S/c1-10-23(4)31(41-34(46)32-38-16-17-42(32)7)36(47)43(8)29(22(2)3)20-30(50-25(6)44)35-40-28(21-51-35)33(45)39-27(18-24(5)37(48)49-9)19-26-14-12-11-13-15-26/h11-17,21-24,27,29-31H,10,18-20H2,1-9H3,(H,39,45)(H,41,46)/t23-,24-,27+,29+,30+,31-/m0/s1. The number of amides is 3. The number of aromatic nitrogens is 3. The minimum absolute atomic E-state index is 0.0712. The number of hydrogen-bond donors (Lipinski definition) is 2. The summed E-state index contributed by atoms with van der Waals surface area (Å²) >= 11 is 1.19. The van der Waals surface area contributed by atoms with Crippen molar-refractivity contribution in [1.82, 2.24) is 30.1 Å². The van der Waals surface area contributed by atoms with E-state index >= 15 is 0 Å². The van der Waals surface area contributed by atoms with E-state index in [1.807, 2.05) is 58.0 Å². The van der Waals surface area contributed by atoms with Crippen LogP contribution in [0.25, 0.3) is 0 Å². The van der Waals surface area contributed by atoms with Gasteiger partial charge in [-0.05, 0) is 30.2 Å².